The number of aryl methyl sites for hydroxylation is 2. The minimum atomic E-state index is 0.0736. The number of rotatable bonds is 6. The zero-order valence-electron chi connectivity index (χ0n) is 11.0. The second-order valence-corrected chi connectivity index (χ2v) is 4.01. The zero-order valence-corrected chi connectivity index (χ0v) is 11.0. The average Bonchev–Trinajstić information content (AvgIpc) is 2.38. The van der Waals surface area contributed by atoms with E-state index in [0.29, 0.717) is 13.0 Å². The van der Waals surface area contributed by atoms with E-state index in [0.717, 1.165) is 12.8 Å². The Labute approximate surface area is 104 Å². The van der Waals surface area contributed by atoms with Crippen LogP contribution >= 0.6 is 0 Å². The highest BCUT2D eigenvalue weighted by molar-refractivity contribution is 5.76. The molecule has 0 bridgehead atoms. The van der Waals surface area contributed by atoms with Gasteiger partial charge in [-0.1, -0.05) is 32.0 Å². The van der Waals surface area contributed by atoms with Gasteiger partial charge in [-0.25, -0.2) is 0 Å². The maximum Gasteiger partial charge on any atom is 0.221 e. The number of amides is 1. The SMILES string of the molecule is CCc1cccc(CC)c1NCCC(=O)NC. The summed E-state index contributed by atoms with van der Waals surface area (Å²) >= 11 is 0. The lowest BCUT2D eigenvalue weighted by Crippen LogP contribution is -2.21. The van der Waals surface area contributed by atoms with Crippen molar-refractivity contribution in [1.29, 1.82) is 0 Å². The fourth-order valence-corrected chi connectivity index (χ4v) is 1.90. The molecule has 0 saturated heterocycles. The highest BCUT2D eigenvalue weighted by atomic mass is 16.1. The van der Waals surface area contributed by atoms with Crippen molar-refractivity contribution in [2.24, 2.45) is 0 Å². The fourth-order valence-electron chi connectivity index (χ4n) is 1.90. The Morgan fingerprint density at radius 2 is 1.76 bits per heavy atom. The van der Waals surface area contributed by atoms with Crippen LogP contribution in [0, 0.1) is 0 Å². The van der Waals surface area contributed by atoms with Crippen LogP contribution in [0.2, 0.25) is 0 Å². The van der Waals surface area contributed by atoms with Crippen molar-refractivity contribution in [2.75, 3.05) is 18.9 Å². The maximum absolute atomic E-state index is 11.2. The first-order valence-electron chi connectivity index (χ1n) is 6.28. The molecule has 3 heteroatoms. The second-order valence-electron chi connectivity index (χ2n) is 4.01. The molecule has 0 heterocycles. The van der Waals surface area contributed by atoms with E-state index in [1.807, 2.05) is 0 Å². The molecule has 0 radical (unpaired) electrons. The topological polar surface area (TPSA) is 41.1 Å². The number of para-hydroxylation sites is 1. The van der Waals surface area contributed by atoms with Gasteiger partial charge in [0.1, 0.15) is 0 Å². The van der Waals surface area contributed by atoms with E-state index >= 15 is 0 Å². The van der Waals surface area contributed by atoms with Crippen molar-refractivity contribution >= 4 is 11.6 Å². The number of carbonyl (C=O) groups excluding carboxylic acids is 1. The van der Waals surface area contributed by atoms with E-state index in [4.69, 9.17) is 0 Å². The molecule has 17 heavy (non-hydrogen) atoms. The smallest absolute Gasteiger partial charge is 0.221 e. The Morgan fingerprint density at radius 3 is 2.24 bits per heavy atom. The van der Waals surface area contributed by atoms with Crippen LogP contribution in [0.15, 0.2) is 18.2 Å². The minimum absolute atomic E-state index is 0.0736. The van der Waals surface area contributed by atoms with Crippen molar-refractivity contribution in [1.82, 2.24) is 5.32 Å². The molecule has 1 aromatic carbocycles. The summed E-state index contributed by atoms with van der Waals surface area (Å²) in [5.74, 6) is 0.0736. The van der Waals surface area contributed by atoms with Gasteiger partial charge in [-0.15, -0.1) is 0 Å². The third-order valence-electron chi connectivity index (χ3n) is 2.93. The van der Waals surface area contributed by atoms with Crippen molar-refractivity contribution in [3.05, 3.63) is 29.3 Å². The lowest BCUT2D eigenvalue weighted by atomic mass is 10.0. The molecule has 94 valence electrons. The predicted molar refractivity (Wildman–Crippen MR) is 72.4 cm³/mol. The van der Waals surface area contributed by atoms with E-state index in [1.54, 1.807) is 7.05 Å². The molecule has 0 aliphatic carbocycles. The lowest BCUT2D eigenvalue weighted by molar-refractivity contribution is -0.120. The van der Waals surface area contributed by atoms with Gasteiger partial charge in [0.15, 0.2) is 0 Å². The van der Waals surface area contributed by atoms with Gasteiger partial charge in [0, 0.05) is 25.7 Å². The zero-order chi connectivity index (χ0) is 12.7. The summed E-state index contributed by atoms with van der Waals surface area (Å²) < 4.78 is 0. The number of carbonyl (C=O) groups is 1. The van der Waals surface area contributed by atoms with E-state index < -0.39 is 0 Å². The fraction of sp³-hybridized carbons (Fsp3) is 0.500. The normalized spacial score (nSPS) is 10.1. The summed E-state index contributed by atoms with van der Waals surface area (Å²) in [6.45, 7) is 4.99. The van der Waals surface area contributed by atoms with E-state index in [-0.39, 0.29) is 5.91 Å². The van der Waals surface area contributed by atoms with Gasteiger partial charge in [-0.2, -0.15) is 0 Å². The minimum Gasteiger partial charge on any atom is -0.384 e. The third-order valence-corrected chi connectivity index (χ3v) is 2.93. The monoisotopic (exact) mass is 234 g/mol. The summed E-state index contributed by atoms with van der Waals surface area (Å²) in [5, 5.41) is 6.02. The molecule has 2 N–H and O–H groups in total. The quantitative estimate of drug-likeness (QED) is 0.793. The number of benzene rings is 1. The lowest BCUT2D eigenvalue weighted by Gasteiger charge is -2.15. The van der Waals surface area contributed by atoms with Gasteiger partial charge in [0.25, 0.3) is 0 Å². The summed E-state index contributed by atoms with van der Waals surface area (Å²) in [6.07, 6.45) is 2.53. The molecule has 0 saturated carbocycles. The highest BCUT2D eigenvalue weighted by Crippen LogP contribution is 2.22. The van der Waals surface area contributed by atoms with Crippen LogP contribution in [0.3, 0.4) is 0 Å². The third kappa shape index (κ3) is 3.77. The molecule has 0 aliphatic heterocycles. The molecule has 0 aromatic heterocycles. The first kappa shape index (κ1) is 13.6. The Hall–Kier alpha value is -1.51. The number of anilines is 1. The molecule has 1 amide bonds. The van der Waals surface area contributed by atoms with Crippen LogP contribution in [0.4, 0.5) is 5.69 Å². The molecule has 0 fully saturated rings. The summed E-state index contributed by atoms with van der Waals surface area (Å²) in [6, 6.07) is 6.38. The predicted octanol–water partition coefficient (Wildman–Crippen LogP) is 2.36. The standard InChI is InChI=1S/C14H22N2O/c1-4-11-7-6-8-12(5-2)14(11)16-10-9-13(17)15-3/h6-8,16H,4-5,9-10H2,1-3H3,(H,15,17). The van der Waals surface area contributed by atoms with Crippen LogP contribution in [-0.2, 0) is 17.6 Å². The summed E-state index contributed by atoms with van der Waals surface area (Å²) in [4.78, 5) is 11.2. The number of hydrogen-bond donors (Lipinski definition) is 2. The number of nitrogens with one attached hydrogen (secondary N) is 2. The van der Waals surface area contributed by atoms with Gasteiger partial charge < -0.3 is 10.6 Å². The van der Waals surface area contributed by atoms with Crippen LogP contribution in [0.5, 0.6) is 0 Å². The van der Waals surface area contributed by atoms with Crippen molar-refractivity contribution in [3.8, 4) is 0 Å². The molecule has 0 unspecified atom stereocenters. The van der Waals surface area contributed by atoms with Crippen molar-refractivity contribution in [3.63, 3.8) is 0 Å². The molecule has 1 rings (SSSR count). The molecule has 0 aliphatic rings. The molecular formula is C14H22N2O. The molecule has 0 atom stereocenters. The Kier molecular flexibility index (Phi) is 5.53. The highest BCUT2D eigenvalue weighted by Gasteiger charge is 2.06. The van der Waals surface area contributed by atoms with Crippen LogP contribution in [0.25, 0.3) is 0 Å². The van der Waals surface area contributed by atoms with Crippen molar-refractivity contribution < 1.29 is 4.79 Å². The van der Waals surface area contributed by atoms with Crippen molar-refractivity contribution in [2.45, 2.75) is 33.1 Å². The van der Waals surface area contributed by atoms with Crippen LogP contribution < -0.4 is 10.6 Å². The van der Waals surface area contributed by atoms with E-state index in [2.05, 4.69) is 42.7 Å². The van der Waals surface area contributed by atoms with Gasteiger partial charge in [0.2, 0.25) is 5.91 Å². The Balaban J connectivity index is 2.71. The molecule has 0 spiro atoms. The van der Waals surface area contributed by atoms with E-state index in [9.17, 15) is 4.79 Å². The van der Waals surface area contributed by atoms with Gasteiger partial charge in [0.05, 0.1) is 0 Å². The van der Waals surface area contributed by atoms with Crippen LogP contribution in [0.1, 0.15) is 31.4 Å². The first-order valence-corrected chi connectivity index (χ1v) is 6.28. The van der Waals surface area contributed by atoms with Gasteiger partial charge in [-0.05, 0) is 24.0 Å². The largest absolute Gasteiger partial charge is 0.384 e. The first-order chi connectivity index (χ1) is 8.22. The molecular weight excluding hydrogens is 212 g/mol. The van der Waals surface area contributed by atoms with E-state index in [1.165, 1.54) is 16.8 Å². The van der Waals surface area contributed by atoms with Gasteiger partial charge >= 0.3 is 0 Å². The maximum atomic E-state index is 11.2. The van der Waals surface area contributed by atoms with Gasteiger partial charge in [-0.3, -0.25) is 4.79 Å². The number of hydrogen-bond acceptors (Lipinski definition) is 2. The molecule has 3 nitrogen and oxygen atoms in total. The second kappa shape index (κ2) is 6.94. The molecule has 1 aromatic rings. The summed E-state index contributed by atoms with van der Waals surface area (Å²) in [5.41, 5.74) is 3.85. The van der Waals surface area contributed by atoms with Crippen LogP contribution in [-0.4, -0.2) is 19.5 Å². The Morgan fingerprint density at radius 1 is 1.18 bits per heavy atom. The Bertz CT molecular complexity index is 352. The average molecular weight is 234 g/mol. The summed E-state index contributed by atoms with van der Waals surface area (Å²) in [7, 11) is 1.67.